The van der Waals surface area contributed by atoms with Gasteiger partial charge in [-0.2, -0.15) is 8.78 Å². The third-order valence-electron chi connectivity index (χ3n) is 4.43. The number of alkyl halides is 4. The molecule has 1 amide bonds. The van der Waals surface area contributed by atoms with Crippen molar-refractivity contribution in [1.29, 1.82) is 0 Å². The largest absolute Gasteiger partial charge is 0.386 e. The molecule has 0 radical (unpaired) electrons. The quantitative estimate of drug-likeness (QED) is 0.524. The molecule has 1 heterocycles. The van der Waals surface area contributed by atoms with E-state index in [1.807, 2.05) is 19.1 Å². The van der Waals surface area contributed by atoms with Gasteiger partial charge < -0.3 is 15.7 Å². The number of pyridine rings is 1. The molecule has 1 aromatic carbocycles. The number of aromatic nitrogens is 1. The zero-order valence-corrected chi connectivity index (χ0v) is 15.8. The fraction of sp³-hybridized carbons (Fsp3) is 0.400. The highest BCUT2D eigenvalue weighted by molar-refractivity contribution is 5.79. The van der Waals surface area contributed by atoms with E-state index < -0.39 is 37.8 Å². The van der Waals surface area contributed by atoms with E-state index >= 15 is 0 Å². The Morgan fingerprint density at radius 3 is 2.28 bits per heavy atom. The minimum absolute atomic E-state index is 0.0987. The van der Waals surface area contributed by atoms with Crippen LogP contribution in [0.25, 0.3) is 11.1 Å². The molecule has 9 heteroatoms. The van der Waals surface area contributed by atoms with Crippen molar-refractivity contribution in [3.8, 4) is 11.1 Å². The van der Waals surface area contributed by atoms with E-state index in [1.165, 1.54) is 12.1 Å². The Bertz CT molecular complexity index is 772. The molecular formula is C20H23F4N3O2. The summed E-state index contributed by atoms with van der Waals surface area (Å²) in [6, 6.07) is 8.48. The van der Waals surface area contributed by atoms with E-state index in [9.17, 15) is 27.5 Å². The molecule has 29 heavy (non-hydrogen) atoms. The second kappa shape index (κ2) is 10.9. The normalized spacial score (nSPS) is 14.4. The summed E-state index contributed by atoms with van der Waals surface area (Å²) in [7, 11) is 0. The van der Waals surface area contributed by atoms with Crippen molar-refractivity contribution in [2.24, 2.45) is 0 Å². The monoisotopic (exact) mass is 413 g/mol. The Balaban J connectivity index is 2.08. The van der Waals surface area contributed by atoms with Crippen molar-refractivity contribution < 1.29 is 27.5 Å². The van der Waals surface area contributed by atoms with Crippen LogP contribution in [0.15, 0.2) is 42.6 Å². The minimum atomic E-state index is -3.29. The standard InChI is InChI=1S/C20H23F4N3O2/c1-12(25-9-8-21)16-7-6-15(11-26-16)13-2-4-14(5-3-13)18(28)17(10-22)27-20(29)19(23)24/h2-7,11-12,17-19,25,28H,8-10H2,1H3,(H,27,29). The number of halogens is 4. The molecule has 1 aromatic heterocycles. The highest BCUT2D eigenvalue weighted by atomic mass is 19.3. The summed E-state index contributed by atoms with van der Waals surface area (Å²) >= 11 is 0. The Morgan fingerprint density at radius 2 is 1.76 bits per heavy atom. The molecule has 5 nitrogen and oxygen atoms in total. The minimum Gasteiger partial charge on any atom is -0.386 e. The van der Waals surface area contributed by atoms with Crippen LogP contribution in [0, 0.1) is 0 Å². The molecule has 0 saturated heterocycles. The van der Waals surface area contributed by atoms with Gasteiger partial charge in [0.25, 0.3) is 5.91 Å². The van der Waals surface area contributed by atoms with Crippen LogP contribution in [-0.4, -0.2) is 48.4 Å². The van der Waals surface area contributed by atoms with Gasteiger partial charge in [0.15, 0.2) is 0 Å². The summed E-state index contributed by atoms with van der Waals surface area (Å²) in [5.74, 6) is -1.63. The zero-order chi connectivity index (χ0) is 21.4. The molecule has 0 saturated carbocycles. The molecule has 0 aliphatic heterocycles. The van der Waals surface area contributed by atoms with Gasteiger partial charge in [-0.25, -0.2) is 8.78 Å². The molecule has 0 bridgehead atoms. The molecule has 0 fully saturated rings. The Kier molecular flexibility index (Phi) is 8.53. The Morgan fingerprint density at radius 1 is 1.10 bits per heavy atom. The molecule has 158 valence electrons. The number of hydrogen-bond acceptors (Lipinski definition) is 4. The average Bonchev–Trinajstić information content (AvgIpc) is 2.75. The third kappa shape index (κ3) is 6.23. The number of carbonyl (C=O) groups excluding carboxylic acids is 1. The third-order valence-corrected chi connectivity index (χ3v) is 4.43. The van der Waals surface area contributed by atoms with Crippen LogP contribution in [0.2, 0.25) is 0 Å². The number of nitrogens with one attached hydrogen (secondary N) is 2. The summed E-state index contributed by atoms with van der Waals surface area (Å²) in [6.45, 7) is 0.463. The maximum atomic E-state index is 13.1. The smallest absolute Gasteiger partial charge is 0.315 e. The van der Waals surface area contributed by atoms with Gasteiger partial charge in [0.1, 0.15) is 19.5 Å². The number of benzene rings is 1. The first kappa shape index (κ1) is 22.8. The Hall–Kier alpha value is -2.52. The van der Waals surface area contributed by atoms with Crippen LogP contribution >= 0.6 is 0 Å². The topological polar surface area (TPSA) is 74.2 Å². The number of amides is 1. The number of carbonyl (C=O) groups is 1. The van der Waals surface area contributed by atoms with Gasteiger partial charge in [-0.05, 0) is 24.1 Å². The van der Waals surface area contributed by atoms with Gasteiger partial charge in [0.2, 0.25) is 0 Å². The van der Waals surface area contributed by atoms with Crippen molar-refractivity contribution >= 4 is 5.91 Å². The molecule has 3 unspecified atom stereocenters. The lowest BCUT2D eigenvalue weighted by atomic mass is 9.99. The Labute approximate surface area is 166 Å². The van der Waals surface area contributed by atoms with Gasteiger partial charge >= 0.3 is 6.43 Å². The fourth-order valence-electron chi connectivity index (χ4n) is 2.76. The summed E-state index contributed by atoms with van der Waals surface area (Å²) in [5, 5.41) is 15.0. The predicted molar refractivity (Wildman–Crippen MR) is 101 cm³/mol. The predicted octanol–water partition coefficient (Wildman–Crippen LogP) is 3.12. The van der Waals surface area contributed by atoms with E-state index in [0.717, 1.165) is 16.8 Å². The van der Waals surface area contributed by atoms with Crippen LogP contribution < -0.4 is 10.6 Å². The lowest BCUT2D eigenvalue weighted by Gasteiger charge is -2.22. The SMILES string of the molecule is CC(NCCF)c1ccc(-c2ccc(C(O)C(CF)NC(=O)C(F)F)cc2)cn1. The van der Waals surface area contributed by atoms with Crippen molar-refractivity contribution in [2.45, 2.75) is 31.5 Å². The van der Waals surface area contributed by atoms with Crippen LogP contribution in [-0.2, 0) is 4.79 Å². The van der Waals surface area contributed by atoms with Crippen LogP contribution in [0.1, 0.15) is 30.3 Å². The molecule has 0 aliphatic rings. The first-order valence-corrected chi connectivity index (χ1v) is 9.05. The number of rotatable bonds is 10. The number of nitrogens with zero attached hydrogens (tertiary/aromatic N) is 1. The zero-order valence-electron chi connectivity index (χ0n) is 15.8. The van der Waals surface area contributed by atoms with E-state index in [1.54, 1.807) is 23.6 Å². The summed E-state index contributed by atoms with van der Waals surface area (Å²) in [5.41, 5.74) is 2.60. The fourth-order valence-corrected chi connectivity index (χ4v) is 2.76. The first-order valence-electron chi connectivity index (χ1n) is 9.05. The van der Waals surface area contributed by atoms with E-state index in [4.69, 9.17) is 0 Å². The molecule has 2 rings (SSSR count). The van der Waals surface area contributed by atoms with E-state index in [-0.39, 0.29) is 18.2 Å². The van der Waals surface area contributed by atoms with E-state index in [2.05, 4.69) is 10.3 Å². The molecular weight excluding hydrogens is 390 g/mol. The van der Waals surface area contributed by atoms with Crippen molar-refractivity contribution in [1.82, 2.24) is 15.6 Å². The van der Waals surface area contributed by atoms with Gasteiger partial charge in [-0.1, -0.05) is 30.3 Å². The highest BCUT2D eigenvalue weighted by Crippen LogP contribution is 2.24. The first-order chi connectivity index (χ1) is 13.9. The van der Waals surface area contributed by atoms with Gasteiger partial charge in [0, 0.05) is 24.3 Å². The van der Waals surface area contributed by atoms with E-state index in [0.29, 0.717) is 0 Å². The molecule has 3 atom stereocenters. The summed E-state index contributed by atoms with van der Waals surface area (Å²) in [4.78, 5) is 15.4. The molecule has 0 spiro atoms. The van der Waals surface area contributed by atoms with Gasteiger partial charge in [-0.15, -0.1) is 0 Å². The van der Waals surface area contributed by atoms with Crippen molar-refractivity contribution in [2.75, 3.05) is 19.9 Å². The summed E-state index contributed by atoms with van der Waals surface area (Å²) < 4.78 is 50.0. The lowest BCUT2D eigenvalue weighted by Crippen LogP contribution is -2.43. The van der Waals surface area contributed by atoms with Crippen LogP contribution in [0.5, 0.6) is 0 Å². The maximum Gasteiger partial charge on any atom is 0.315 e. The highest BCUT2D eigenvalue weighted by Gasteiger charge is 2.26. The number of aliphatic hydroxyl groups is 1. The lowest BCUT2D eigenvalue weighted by molar-refractivity contribution is -0.133. The average molecular weight is 413 g/mol. The molecule has 2 aromatic rings. The number of aliphatic hydroxyl groups excluding tert-OH is 1. The summed E-state index contributed by atoms with van der Waals surface area (Å²) in [6.07, 6.45) is -3.11. The van der Waals surface area contributed by atoms with Crippen molar-refractivity contribution in [3.63, 3.8) is 0 Å². The second-order valence-electron chi connectivity index (χ2n) is 6.47. The van der Waals surface area contributed by atoms with Gasteiger partial charge in [-0.3, -0.25) is 9.78 Å². The van der Waals surface area contributed by atoms with Crippen LogP contribution in [0.4, 0.5) is 17.6 Å². The van der Waals surface area contributed by atoms with Gasteiger partial charge in [0.05, 0.1) is 11.7 Å². The maximum absolute atomic E-state index is 13.1. The number of hydrogen-bond donors (Lipinski definition) is 3. The second-order valence-corrected chi connectivity index (χ2v) is 6.47. The molecule has 3 N–H and O–H groups in total. The van der Waals surface area contributed by atoms with Crippen LogP contribution in [0.3, 0.4) is 0 Å². The molecule has 0 aliphatic carbocycles. The van der Waals surface area contributed by atoms with Crippen molar-refractivity contribution in [3.05, 3.63) is 53.9 Å².